The number of hydrogen-bond donors (Lipinski definition) is 1. The zero-order chi connectivity index (χ0) is 12.0. The number of fused-ring (bicyclic) bond motifs is 1. The van der Waals surface area contributed by atoms with Gasteiger partial charge >= 0.3 is 0 Å². The van der Waals surface area contributed by atoms with Gasteiger partial charge in [-0.15, -0.1) is 0 Å². The van der Waals surface area contributed by atoms with Crippen molar-refractivity contribution in [1.82, 2.24) is 0 Å². The van der Waals surface area contributed by atoms with Gasteiger partial charge in [0.05, 0.1) is 6.10 Å². The summed E-state index contributed by atoms with van der Waals surface area (Å²) in [6, 6.07) is 6.09. The molecule has 3 heteroatoms. The molecule has 17 heavy (non-hydrogen) atoms. The van der Waals surface area contributed by atoms with Crippen LogP contribution in [0.4, 0.5) is 0 Å². The van der Waals surface area contributed by atoms with Gasteiger partial charge in [0, 0.05) is 23.0 Å². The lowest BCUT2D eigenvalue weighted by molar-refractivity contribution is 0.00147. The summed E-state index contributed by atoms with van der Waals surface area (Å²) >= 11 is 1.95. The Balaban J connectivity index is 1.96. The van der Waals surface area contributed by atoms with Crippen LogP contribution in [0.1, 0.15) is 37.0 Å². The molecule has 0 bridgehead atoms. The maximum absolute atomic E-state index is 10.3. The van der Waals surface area contributed by atoms with Crippen molar-refractivity contribution in [3.63, 3.8) is 0 Å². The van der Waals surface area contributed by atoms with Crippen LogP contribution in [-0.4, -0.2) is 21.7 Å². The van der Waals surface area contributed by atoms with Gasteiger partial charge < -0.3 is 9.84 Å². The Morgan fingerprint density at radius 2 is 2.24 bits per heavy atom. The summed E-state index contributed by atoms with van der Waals surface area (Å²) in [7, 11) is 0. The van der Waals surface area contributed by atoms with Crippen LogP contribution in [-0.2, 0) is 0 Å². The lowest BCUT2D eigenvalue weighted by atomic mass is 9.86. The van der Waals surface area contributed by atoms with Crippen LogP contribution >= 0.6 is 11.8 Å². The second kappa shape index (κ2) is 3.92. The number of thioether (sulfide) groups is 1. The third-order valence-corrected chi connectivity index (χ3v) is 5.13. The zero-order valence-corrected chi connectivity index (χ0v) is 11.1. The Bertz CT molecular complexity index is 446. The topological polar surface area (TPSA) is 29.5 Å². The van der Waals surface area contributed by atoms with Crippen LogP contribution < -0.4 is 4.74 Å². The Labute approximate surface area is 106 Å². The van der Waals surface area contributed by atoms with E-state index in [0.717, 1.165) is 29.9 Å². The molecule has 0 amide bonds. The third-order valence-electron chi connectivity index (χ3n) is 3.71. The standard InChI is InChI=1S/C14H18O2S/c1-9-3-4-13-11(5-9)12(15)7-14(16-13)6-10(2)17-8-14/h3-5,10,12,15H,6-8H2,1-2H3/t10?,12-,14?/m1/s1. The fraction of sp³-hybridized carbons (Fsp3) is 0.571. The van der Waals surface area contributed by atoms with E-state index in [2.05, 4.69) is 13.0 Å². The SMILES string of the molecule is Cc1ccc2c(c1)[C@H](O)CC1(CSC(C)C1)O2. The minimum atomic E-state index is -0.371. The molecule has 1 N–H and O–H groups in total. The highest BCUT2D eigenvalue weighted by atomic mass is 32.2. The van der Waals surface area contributed by atoms with Crippen LogP contribution in [0.2, 0.25) is 0 Å². The van der Waals surface area contributed by atoms with Crippen molar-refractivity contribution in [3.8, 4) is 5.75 Å². The summed E-state index contributed by atoms with van der Waals surface area (Å²) in [5.41, 5.74) is 2.00. The van der Waals surface area contributed by atoms with Gasteiger partial charge in [0.25, 0.3) is 0 Å². The molecule has 1 fully saturated rings. The first-order valence-corrected chi connectivity index (χ1v) is 7.22. The van der Waals surface area contributed by atoms with Gasteiger partial charge in [-0.1, -0.05) is 18.6 Å². The molecule has 1 aromatic carbocycles. The summed E-state index contributed by atoms with van der Waals surface area (Å²) in [6.45, 7) is 4.28. The molecule has 1 saturated heterocycles. The quantitative estimate of drug-likeness (QED) is 0.767. The molecule has 92 valence electrons. The molecule has 1 spiro atoms. The smallest absolute Gasteiger partial charge is 0.126 e. The van der Waals surface area contributed by atoms with Crippen molar-refractivity contribution in [1.29, 1.82) is 0 Å². The van der Waals surface area contributed by atoms with Gasteiger partial charge in [0.1, 0.15) is 11.4 Å². The van der Waals surface area contributed by atoms with Gasteiger partial charge in [0.2, 0.25) is 0 Å². The highest BCUT2D eigenvalue weighted by Gasteiger charge is 2.45. The van der Waals surface area contributed by atoms with E-state index < -0.39 is 0 Å². The average Bonchev–Trinajstić information content (AvgIpc) is 2.61. The number of aliphatic hydroxyl groups excluding tert-OH is 1. The Morgan fingerprint density at radius 3 is 2.94 bits per heavy atom. The van der Waals surface area contributed by atoms with Gasteiger partial charge in [-0.2, -0.15) is 11.8 Å². The normalized spacial score (nSPS) is 35.7. The monoisotopic (exact) mass is 250 g/mol. The molecule has 1 aromatic rings. The first kappa shape index (κ1) is 11.4. The molecule has 0 aromatic heterocycles. The van der Waals surface area contributed by atoms with E-state index in [0.29, 0.717) is 5.25 Å². The van der Waals surface area contributed by atoms with Crippen molar-refractivity contribution in [2.45, 2.75) is 43.6 Å². The summed E-state index contributed by atoms with van der Waals surface area (Å²) in [5.74, 6) is 1.88. The van der Waals surface area contributed by atoms with E-state index >= 15 is 0 Å². The van der Waals surface area contributed by atoms with E-state index in [-0.39, 0.29) is 11.7 Å². The van der Waals surface area contributed by atoms with Gasteiger partial charge in [0.15, 0.2) is 0 Å². The van der Waals surface area contributed by atoms with E-state index in [1.807, 2.05) is 30.8 Å². The molecule has 0 aliphatic carbocycles. The second-order valence-corrected chi connectivity index (χ2v) is 6.80. The zero-order valence-electron chi connectivity index (χ0n) is 10.3. The first-order chi connectivity index (χ1) is 8.08. The van der Waals surface area contributed by atoms with Crippen LogP contribution in [0.3, 0.4) is 0 Å². The van der Waals surface area contributed by atoms with Crippen LogP contribution in [0, 0.1) is 6.92 Å². The minimum absolute atomic E-state index is 0.133. The number of rotatable bonds is 0. The van der Waals surface area contributed by atoms with Crippen molar-refractivity contribution in [3.05, 3.63) is 29.3 Å². The lowest BCUT2D eigenvalue weighted by Crippen LogP contribution is -2.41. The third kappa shape index (κ3) is 1.95. The number of aryl methyl sites for hydroxylation is 1. The van der Waals surface area contributed by atoms with E-state index in [4.69, 9.17) is 4.74 Å². The molecular weight excluding hydrogens is 232 g/mol. The van der Waals surface area contributed by atoms with Crippen molar-refractivity contribution < 1.29 is 9.84 Å². The number of ether oxygens (including phenoxy) is 1. The predicted octanol–water partition coefficient (Wildman–Crippen LogP) is 3.08. The molecule has 3 atom stereocenters. The van der Waals surface area contributed by atoms with Crippen LogP contribution in [0.15, 0.2) is 18.2 Å². The highest BCUT2D eigenvalue weighted by molar-refractivity contribution is 8.00. The van der Waals surface area contributed by atoms with Crippen LogP contribution in [0.5, 0.6) is 5.75 Å². The van der Waals surface area contributed by atoms with Crippen LogP contribution in [0.25, 0.3) is 0 Å². The lowest BCUT2D eigenvalue weighted by Gasteiger charge is -2.38. The van der Waals surface area contributed by atoms with Crippen molar-refractivity contribution in [2.75, 3.05) is 5.75 Å². The largest absolute Gasteiger partial charge is 0.486 e. The molecule has 3 rings (SSSR count). The van der Waals surface area contributed by atoms with Crippen molar-refractivity contribution >= 4 is 11.8 Å². The molecular formula is C14H18O2S. The molecule has 0 saturated carbocycles. The maximum Gasteiger partial charge on any atom is 0.126 e. The molecule has 2 heterocycles. The Hall–Kier alpha value is -0.670. The maximum atomic E-state index is 10.3. The van der Waals surface area contributed by atoms with E-state index in [1.165, 1.54) is 5.56 Å². The first-order valence-electron chi connectivity index (χ1n) is 6.17. The number of hydrogen-bond acceptors (Lipinski definition) is 3. The fourth-order valence-electron chi connectivity index (χ4n) is 2.91. The second-order valence-electron chi connectivity index (χ2n) is 5.37. The van der Waals surface area contributed by atoms with Gasteiger partial charge in [-0.3, -0.25) is 0 Å². The summed E-state index contributed by atoms with van der Waals surface area (Å²) in [4.78, 5) is 0. The number of aliphatic hydroxyl groups is 1. The van der Waals surface area contributed by atoms with Crippen molar-refractivity contribution in [2.24, 2.45) is 0 Å². The van der Waals surface area contributed by atoms with E-state index in [9.17, 15) is 5.11 Å². The van der Waals surface area contributed by atoms with Gasteiger partial charge in [-0.25, -0.2) is 0 Å². The Morgan fingerprint density at radius 1 is 1.41 bits per heavy atom. The molecule has 2 unspecified atom stereocenters. The molecule has 2 nitrogen and oxygen atoms in total. The predicted molar refractivity (Wildman–Crippen MR) is 70.7 cm³/mol. The Kier molecular flexibility index (Phi) is 2.64. The van der Waals surface area contributed by atoms with E-state index in [1.54, 1.807) is 0 Å². The molecule has 2 aliphatic heterocycles. The highest BCUT2D eigenvalue weighted by Crippen LogP contribution is 2.48. The summed E-state index contributed by atoms with van der Waals surface area (Å²) in [5, 5.41) is 10.9. The van der Waals surface area contributed by atoms with Gasteiger partial charge in [-0.05, 0) is 25.5 Å². The summed E-state index contributed by atoms with van der Waals surface area (Å²) < 4.78 is 6.20. The molecule has 0 radical (unpaired) electrons. The fourth-order valence-corrected chi connectivity index (χ4v) is 4.21. The number of benzene rings is 1. The minimum Gasteiger partial charge on any atom is -0.486 e. The average molecular weight is 250 g/mol. The summed E-state index contributed by atoms with van der Waals surface area (Å²) in [6.07, 6.45) is 1.41. The molecule has 2 aliphatic rings.